The molecule has 140 valence electrons. The van der Waals surface area contributed by atoms with E-state index in [9.17, 15) is 18.0 Å². The number of benzene rings is 1. The summed E-state index contributed by atoms with van der Waals surface area (Å²) >= 11 is 5.82. The van der Waals surface area contributed by atoms with Crippen LogP contribution in [-0.2, 0) is 16.4 Å². The molecule has 0 aliphatic heterocycles. The Morgan fingerprint density at radius 2 is 1.77 bits per heavy atom. The van der Waals surface area contributed by atoms with E-state index in [-0.39, 0.29) is 29.8 Å². The molecule has 0 saturated carbocycles. The highest BCUT2D eigenvalue weighted by Gasteiger charge is 2.31. The van der Waals surface area contributed by atoms with Crippen LogP contribution in [0, 0.1) is 0 Å². The Morgan fingerprint density at radius 1 is 1.12 bits per heavy atom. The highest BCUT2D eigenvalue weighted by Crippen LogP contribution is 2.32. The summed E-state index contributed by atoms with van der Waals surface area (Å²) in [7, 11) is 0. The summed E-state index contributed by atoms with van der Waals surface area (Å²) in [6, 6.07) is 10.2. The Hall–Kier alpha value is -2.28. The van der Waals surface area contributed by atoms with Gasteiger partial charge in [-0.05, 0) is 25.5 Å². The maximum Gasteiger partial charge on any atom is 0.417 e. The van der Waals surface area contributed by atoms with Crippen LogP contribution < -0.4 is 10.6 Å². The van der Waals surface area contributed by atoms with E-state index in [2.05, 4.69) is 15.6 Å². The first-order valence-corrected chi connectivity index (χ1v) is 8.30. The molecule has 1 aromatic heterocycles. The van der Waals surface area contributed by atoms with Gasteiger partial charge in [0.1, 0.15) is 5.82 Å². The maximum absolute atomic E-state index is 12.6. The van der Waals surface area contributed by atoms with Crippen LogP contribution in [0.2, 0.25) is 5.02 Å². The molecule has 26 heavy (non-hydrogen) atoms. The van der Waals surface area contributed by atoms with Crippen molar-refractivity contribution in [3.63, 3.8) is 0 Å². The number of halogens is 4. The topological polar surface area (TPSA) is 54.0 Å². The molecule has 0 saturated heterocycles. The van der Waals surface area contributed by atoms with Gasteiger partial charge in [-0.15, -0.1) is 0 Å². The van der Waals surface area contributed by atoms with Crippen molar-refractivity contribution in [2.24, 2.45) is 0 Å². The van der Waals surface area contributed by atoms with Gasteiger partial charge in [-0.3, -0.25) is 4.79 Å². The van der Waals surface area contributed by atoms with Gasteiger partial charge in [0.2, 0.25) is 5.91 Å². The van der Waals surface area contributed by atoms with Gasteiger partial charge < -0.3 is 10.6 Å². The molecule has 0 bridgehead atoms. The Balaban J connectivity index is 1.88. The van der Waals surface area contributed by atoms with E-state index in [4.69, 9.17) is 11.6 Å². The van der Waals surface area contributed by atoms with Crippen LogP contribution in [0.4, 0.5) is 19.0 Å². The van der Waals surface area contributed by atoms with Crippen LogP contribution in [0.3, 0.4) is 0 Å². The lowest BCUT2D eigenvalue weighted by Gasteiger charge is -2.24. The highest BCUT2D eigenvalue weighted by molar-refractivity contribution is 6.32. The van der Waals surface area contributed by atoms with Crippen molar-refractivity contribution in [3.05, 3.63) is 58.7 Å². The fourth-order valence-electron chi connectivity index (χ4n) is 2.29. The van der Waals surface area contributed by atoms with E-state index >= 15 is 0 Å². The molecule has 8 heteroatoms. The molecule has 1 aromatic carbocycles. The minimum atomic E-state index is -4.49. The second kappa shape index (κ2) is 7.95. The number of nitrogens with zero attached hydrogens (tertiary/aromatic N) is 1. The van der Waals surface area contributed by atoms with Gasteiger partial charge in [-0.2, -0.15) is 13.2 Å². The fraction of sp³-hybridized carbons (Fsp3) is 0.333. The van der Waals surface area contributed by atoms with E-state index < -0.39 is 17.2 Å². The Labute approximate surface area is 154 Å². The minimum Gasteiger partial charge on any atom is -0.367 e. The van der Waals surface area contributed by atoms with Gasteiger partial charge in [0.05, 0.1) is 16.0 Å². The summed E-state index contributed by atoms with van der Waals surface area (Å²) in [5, 5.41) is 5.48. The van der Waals surface area contributed by atoms with Gasteiger partial charge in [0.25, 0.3) is 0 Å². The molecule has 0 fully saturated rings. The van der Waals surface area contributed by atoms with Crippen LogP contribution in [0.5, 0.6) is 0 Å². The third-order valence-corrected chi connectivity index (χ3v) is 4.22. The number of pyridine rings is 1. The number of carbonyl (C=O) groups excluding carboxylic acids is 1. The Morgan fingerprint density at radius 3 is 2.35 bits per heavy atom. The lowest BCUT2D eigenvalue weighted by Crippen LogP contribution is -2.41. The zero-order chi connectivity index (χ0) is 19.4. The fourth-order valence-corrected chi connectivity index (χ4v) is 2.52. The number of carbonyl (C=O) groups is 1. The lowest BCUT2D eigenvalue weighted by molar-refractivity contribution is -0.137. The number of hydrogen-bond donors (Lipinski definition) is 2. The summed E-state index contributed by atoms with van der Waals surface area (Å²) in [6.45, 7) is 4.18. The van der Waals surface area contributed by atoms with Crippen molar-refractivity contribution < 1.29 is 18.0 Å². The first kappa shape index (κ1) is 20.0. The summed E-state index contributed by atoms with van der Waals surface area (Å²) in [4.78, 5) is 16.1. The monoisotopic (exact) mass is 385 g/mol. The SMILES string of the molecule is CC(C)(C(=O)NCCNc1ncc(C(F)(F)F)cc1Cl)c1ccccc1. The summed E-state index contributed by atoms with van der Waals surface area (Å²) in [5.74, 6) is -0.0202. The number of amides is 1. The Kier molecular flexibility index (Phi) is 6.13. The first-order valence-electron chi connectivity index (χ1n) is 7.93. The molecular formula is C18H19ClF3N3O. The molecule has 0 radical (unpaired) electrons. The molecule has 4 nitrogen and oxygen atoms in total. The third kappa shape index (κ3) is 4.88. The van der Waals surface area contributed by atoms with Crippen molar-refractivity contribution in [2.75, 3.05) is 18.4 Å². The summed E-state index contributed by atoms with van der Waals surface area (Å²) in [6.07, 6.45) is -3.78. The smallest absolute Gasteiger partial charge is 0.367 e. The molecule has 0 unspecified atom stereocenters. The summed E-state index contributed by atoms with van der Waals surface area (Å²) < 4.78 is 37.7. The molecule has 0 atom stereocenters. The largest absolute Gasteiger partial charge is 0.417 e. The Bertz CT molecular complexity index is 764. The van der Waals surface area contributed by atoms with Gasteiger partial charge in [0.15, 0.2) is 0 Å². The number of alkyl halides is 3. The summed E-state index contributed by atoms with van der Waals surface area (Å²) in [5.41, 5.74) is -0.727. The molecule has 2 N–H and O–H groups in total. The molecular weight excluding hydrogens is 367 g/mol. The first-order chi connectivity index (χ1) is 12.1. The van der Waals surface area contributed by atoms with E-state index in [0.29, 0.717) is 6.20 Å². The van der Waals surface area contributed by atoms with E-state index in [1.807, 2.05) is 44.2 Å². The minimum absolute atomic E-state index is 0.129. The van der Waals surface area contributed by atoms with Crippen molar-refractivity contribution in [2.45, 2.75) is 25.4 Å². The van der Waals surface area contributed by atoms with Crippen molar-refractivity contribution in [1.29, 1.82) is 0 Å². The number of rotatable bonds is 6. The highest BCUT2D eigenvalue weighted by atomic mass is 35.5. The van der Waals surface area contributed by atoms with Crippen molar-refractivity contribution in [1.82, 2.24) is 10.3 Å². The zero-order valence-corrected chi connectivity index (χ0v) is 15.1. The number of aromatic nitrogens is 1. The third-order valence-electron chi connectivity index (χ3n) is 3.93. The number of anilines is 1. The van der Waals surface area contributed by atoms with Gasteiger partial charge in [-0.25, -0.2) is 4.98 Å². The van der Waals surface area contributed by atoms with Crippen LogP contribution in [0.15, 0.2) is 42.6 Å². The average Bonchev–Trinajstić information content (AvgIpc) is 2.59. The molecule has 0 aliphatic rings. The molecule has 1 heterocycles. The van der Waals surface area contributed by atoms with E-state index in [1.165, 1.54) is 0 Å². The van der Waals surface area contributed by atoms with Crippen LogP contribution in [0.1, 0.15) is 25.0 Å². The number of nitrogens with one attached hydrogen (secondary N) is 2. The van der Waals surface area contributed by atoms with Crippen LogP contribution in [-0.4, -0.2) is 24.0 Å². The van der Waals surface area contributed by atoms with Crippen LogP contribution in [0.25, 0.3) is 0 Å². The molecule has 0 spiro atoms. The van der Waals surface area contributed by atoms with Crippen LogP contribution >= 0.6 is 11.6 Å². The van der Waals surface area contributed by atoms with Gasteiger partial charge in [-0.1, -0.05) is 41.9 Å². The van der Waals surface area contributed by atoms with Gasteiger partial charge in [0, 0.05) is 19.3 Å². The molecule has 2 rings (SSSR count). The number of hydrogen-bond acceptors (Lipinski definition) is 3. The molecule has 0 aliphatic carbocycles. The second-order valence-electron chi connectivity index (χ2n) is 6.23. The van der Waals surface area contributed by atoms with E-state index in [0.717, 1.165) is 11.6 Å². The lowest BCUT2D eigenvalue weighted by atomic mass is 9.84. The predicted octanol–water partition coefficient (Wildman–Crippen LogP) is 4.26. The van der Waals surface area contributed by atoms with Crippen molar-refractivity contribution in [3.8, 4) is 0 Å². The van der Waals surface area contributed by atoms with Crippen molar-refractivity contribution >= 4 is 23.3 Å². The molecule has 2 aromatic rings. The zero-order valence-electron chi connectivity index (χ0n) is 14.3. The normalized spacial score (nSPS) is 11.9. The second-order valence-corrected chi connectivity index (χ2v) is 6.63. The van der Waals surface area contributed by atoms with E-state index in [1.54, 1.807) is 0 Å². The predicted molar refractivity (Wildman–Crippen MR) is 95.2 cm³/mol. The molecule has 1 amide bonds. The maximum atomic E-state index is 12.6. The average molecular weight is 386 g/mol. The standard InChI is InChI=1S/C18H19ClF3N3O/c1-17(2,12-6-4-3-5-7-12)16(26)24-9-8-23-15-14(19)10-13(11-25-15)18(20,21)22/h3-7,10-11H,8-9H2,1-2H3,(H,23,25)(H,24,26). The van der Waals surface area contributed by atoms with Gasteiger partial charge >= 0.3 is 6.18 Å². The quantitative estimate of drug-likeness (QED) is 0.730.